The van der Waals surface area contributed by atoms with E-state index in [9.17, 15) is 19.0 Å². The molecule has 0 radical (unpaired) electrons. The summed E-state index contributed by atoms with van der Waals surface area (Å²) in [5.41, 5.74) is 0. The maximum absolute atomic E-state index is 12.5. The van der Waals surface area contributed by atoms with Crippen molar-refractivity contribution < 1.29 is 42.1 Å². The van der Waals surface area contributed by atoms with Crippen molar-refractivity contribution in [2.45, 2.75) is 168 Å². The molecular formula is C39H74NO8P. The number of phosphoric ester groups is 1. The van der Waals surface area contributed by atoms with Crippen molar-refractivity contribution in [2.75, 3.05) is 47.5 Å². The molecule has 288 valence electrons. The van der Waals surface area contributed by atoms with Gasteiger partial charge >= 0.3 is 11.9 Å². The number of esters is 2. The Morgan fingerprint density at radius 2 is 1.16 bits per heavy atom. The van der Waals surface area contributed by atoms with Gasteiger partial charge in [-0.1, -0.05) is 154 Å². The molecule has 0 bridgehead atoms. The van der Waals surface area contributed by atoms with Crippen LogP contribution in [0.2, 0.25) is 0 Å². The lowest BCUT2D eigenvalue weighted by Gasteiger charge is -2.28. The predicted molar refractivity (Wildman–Crippen MR) is 199 cm³/mol. The normalized spacial score (nSPS) is 14.0. The van der Waals surface area contributed by atoms with Crippen molar-refractivity contribution in [3.8, 4) is 0 Å². The van der Waals surface area contributed by atoms with Crippen LogP contribution in [0.15, 0.2) is 24.3 Å². The molecule has 0 rings (SSSR count). The number of nitrogens with zero attached hydrogens (tertiary/aromatic N) is 1. The van der Waals surface area contributed by atoms with Crippen LogP contribution >= 0.6 is 7.82 Å². The maximum atomic E-state index is 12.5. The molecule has 0 saturated heterocycles. The SMILES string of the molecule is CCCCCCCCCCCCC/C=C/C=C/C(=O)OC[C@@H](COP(=O)([O-])OCC[N+](C)(C)C)OC(=O)CCCCCCCCCCCC. The molecule has 0 heterocycles. The summed E-state index contributed by atoms with van der Waals surface area (Å²) in [6.45, 7) is 4.07. The molecule has 0 saturated carbocycles. The van der Waals surface area contributed by atoms with Crippen LogP contribution in [0.3, 0.4) is 0 Å². The van der Waals surface area contributed by atoms with Crippen molar-refractivity contribution in [1.29, 1.82) is 0 Å². The highest BCUT2D eigenvalue weighted by atomic mass is 31.2. The number of quaternary nitrogens is 1. The number of unbranched alkanes of at least 4 members (excludes halogenated alkanes) is 20. The third-order valence-corrected chi connectivity index (χ3v) is 9.29. The fraction of sp³-hybridized carbons (Fsp3) is 0.846. The second-order valence-corrected chi connectivity index (χ2v) is 15.8. The third kappa shape index (κ3) is 36.1. The number of hydrogen-bond acceptors (Lipinski definition) is 8. The number of ether oxygens (including phenoxy) is 2. The summed E-state index contributed by atoms with van der Waals surface area (Å²) < 4.78 is 33.5. The molecular weight excluding hydrogens is 641 g/mol. The Hall–Kier alpha value is -1.51. The molecule has 0 aromatic carbocycles. The minimum Gasteiger partial charge on any atom is -0.756 e. The lowest BCUT2D eigenvalue weighted by atomic mass is 10.1. The van der Waals surface area contributed by atoms with Crippen LogP contribution < -0.4 is 4.89 Å². The van der Waals surface area contributed by atoms with Crippen molar-refractivity contribution in [3.63, 3.8) is 0 Å². The summed E-state index contributed by atoms with van der Waals surface area (Å²) in [6.07, 6.45) is 32.7. The highest BCUT2D eigenvalue weighted by molar-refractivity contribution is 7.45. The van der Waals surface area contributed by atoms with E-state index in [0.29, 0.717) is 17.4 Å². The highest BCUT2D eigenvalue weighted by Gasteiger charge is 2.21. The zero-order valence-electron chi connectivity index (χ0n) is 32.1. The molecule has 0 aliphatic carbocycles. The van der Waals surface area contributed by atoms with Gasteiger partial charge in [-0.3, -0.25) is 9.36 Å². The van der Waals surface area contributed by atoms with Gasteiger partial charge in [0.1, 0.15) is 19.8 Å². The molecule has 0 spiro atoms. The first-order valence-electron chi connectivity index (χ1n) is 19.6. The van der Waals surface area contributed by atoms with Crippen molar-refractivity contribution in [3.05, 3.63) is 24.3 Å². The maximum Gasteiger partial charge on any atom is 0.330 e. The second-order valence-electron chi connectivity index (χ2n) is 14.4. The van der Waals surface area contributed by atoms with Gasteiger partial charge in [0.15, 0.2) is 6.10 Å². The number of allylic oxidation sites excluding steroid dienone is 3. The highest BCUT2D eigenvalue weighted by Crippen LogP contribution is 2.38. The molecule has 1 unspecified atom stereocenters. The fourth-order valence-corrected chi connectivity index (χ4v) is 5.94. The minimum atomic E-state index is -4.63. The van der Waals surface area contributed by atoms with Crippen molar-refractivity contribution >= 4 is 19.8 Å². The molecule has 0 fully saturated rings. The molecule has 0 aliphatic rings. The number of hydrogen-bond donors (Lipinski definition) is 0. The Kier molecular flexibility index (Phi) is 31.4. The average molecular weight is 716 g/mol. The number of phosphoric acid groups is 1. The van der Waals surface area contributed by atoms with E-state index < -0.39 is 32.5 Å². The Morgan fingerprint density at radius 3 is 1.67 bits per heavy atom. The first-order valence-corrected chi connectivity index (χ1v) is 21.0. The van der Waals surface area contributed by atoms with Gasteiger partial charge in [0.25, 0.3) is 7.82 Å². The van der Waals surface area contributed by atoms with Gasteiger partial charge in [0.05, 0.1) is 27.7 Å². The Bertz CT molecular complexity index is 902. The molecule has 9 nitrogen and oxygen atoms in total. The van der Waals surface area contributed by atoms with Crippen LogP contribution in [0, 0.1) is 0 Å². The van der Waals surface area contributed by atoms with Gasteiger partial charge in [-0.2, -0.15) is 0 Å². The summed E-state index contributed by atoms with van der Waals surface area (Å²) in [5.74, 6) is -1.09. The molecule has 0 aromatic heterocycles. The van der Waals surface area contributed by atoms with E-state index in [1.807, 2.05) is 33.3 Å². The van der Waals surface area contributed by atoms with E-state index in [1.165, 1.54) is 109 Å². The zero-order valence-corrected chi connectivity index (χ0v) is 33.0. The van der Waals surface area contributed by atoms with E-state index in [-0.39, 0.29) is 19.6 Å². The van der Waals surface area contributed by atoms with Gasteiger partial charge in [0.2, 0.25) is 0 Å². The second kappa shape index (κ2) is 32.4. The minimum absolute atomic E-state index is 0.0416. The molecule has 2 atom stereocenters. The first-order chi connectivity index (χ1) is 23.5. The summed E-state index contributed by atoms with van der Waals surface area (Å²) in [4.78, 5) is 37.1. The lowest BCUT2D eigenvalue weighted by Crippen LogP contribution is -2.37. The van der Waals surface area contributed by atoms with Crippen molar-refractivity contribution in [1.82, 2.24) is 0 Å². The van der Waals surface area contributed by atoms with Gasteiger partial charge in [-0.05, 0) is 19.3 Å². The summed E-state index contributed by atoms with van der Waals surface area (Å²) >= 11 is 0. The van der Waals surface area contributed by atoms with E-state index in [0.717, 1.165) is 32.1 Å². The molecule has 0 amide bonds. The number of carbonyl (C=O) groups excluding carboxylic acids is 2. The van der Waals surface area contributed by atoms with Gasteiger partial charge in [-0.15, -0.1) is 0 Å². The molecule has 0 N–H and O–H groups in total. The van der Waals surface area contributed by atoms with Crippen molar-refractivity contribution in [2.24, 2.45) is 0 Å². The summed E-state index contributed by atoms with van der Waals surface area (Å²) in [7, 11) is 1.13. The predicted octanol–water partition coefficient (Wildman–Crippen LogP) is 9.77. The first kappa shape index (κ1) is 47.5. The quantitative estimate of drug-likeness (QED) is 0.0159. The zero-order chi connectivity index (χ0) is 36.5. The third-order valence-electron chi connectivity index (χ3n) is 8.33. The summed E-state index contributed by atoms with van der Waals surface area (Å²) in [6, 6.07) is 0. The van der Waals surface area contributed by atoms with Crippen LogP contribution in [-0.4, -0.2) is 70.0 Å². The molecule has 10 heteroatoms. The monoisotopic (exact) mass is 716 g/mol. The largest absolute Gasteiger partial charge is 0.756 e. The molecule has 0 aromatic rings. The Labute approximate surface area is 300 Å². The van der Waals surface area contributed by atoms with Crippen LogP contribution in [0.4, 0.5) is 0 Å². The Balaban J connectivity index is 4.51. The molecule has 49 heavy (non-hydrogen) atoms. The number of carbonyl (C=O) groups is 2. The molecule has 0 aliphatic heterocycles. The van der Waals surface area contributed by atoms with Crippen LogP contribution in [-0.2, 0) is 32.7 Å². The van der Waals surface area contributed by atoms with Crippen LogP contribution in [0.25, 0.3) is 0 Å². The average Bonchev–Trinajstić information content (AvgIpc) is 3.04. The van der Waals surface area contributed by atoms with Crippen LogP contribution in [0.5, 0.6) is 0 Å². The van der Waals surface area contributed by atoms with E-state index >= 15 is 0 Å². The van der Waals surface area contributed by atoms with E-state index in [1.54, 1.807) is 6.08 Å². The van der Waals surface area contributed by atoms with Gasteiger partial charge in [-0.25, -0.2) is 4.79 Å². The van der Waals surface area contributed by atoms with Gasteiger partial charge in [0, 0.05) is 12.5 Å². The number of rotatable bonds is 35. The van der Waals surface area contributed by atoms with E-state index in [4.69, 9.17) is 18.5 Å². The lowest BCUT2D eigenvalue weighted by molar-refractivity contribution is -0.870. The fourth-order valence-electron chi connectivity index (χ4n) is 5.21. The summed E-state index contributed by atoms with van der Waals surface area (Å²) in [5, 5.41) is 0. The van der Waals surface area contributed by atoms with E-state index in [2.05, 4.69) is 13.8 Å². The number of likely N-dealkylation sites (N-methyl/N-ethyl adjacent to an activating group) is 1. The Morgan fingerprint density at radius 1 is 0.673 bits per heavy atom. The topological polar surface area (TPSA) is 111 Å². The standard InChI is InChI=1S/C39H74NO8P/c1-6-8-10-12-14-16-18-19-20-21-22-24-25-27-29-31-38(41)45-35-37(36-47-49(43,44)46-34-33-40(3,4)5)48-39(42)32-30-28-26-23-17-15-13-11-9-7-2/h25,27,29,31,37H,6-24,26,28,30,32-36H2,1-5H3/b27-25+,31-29+/t37-/m0/s1. The van der Waals surface area contributed by atoms with Crippen LogP contribution in [0.1, 0.15) is 162 Å². The van der Waals surface area contributed by atoms with Gasteiger partial charge < -0.3 is 27.9 Å². The smallest absolute Gasteiger partial charge is 0.330 e.